The summed E-state index contributed by atoms with van der Waals surface area (Å²) in [5, 5.41) is 13.7. The number of rotatable bonds is 36. The SMILES string of the molecule is CCCCCCCCCCCC/C=C/CC/C=C/C(O)C(COP(=O)(O)OCC[N+](C)(C)C)NC(=O)CCCCCCCCCCCCC. The zero-order valence-electron chi connectivity index (χ0n) is 32.7. The van der Waals surface area contributed by atoms with Crippen molar-refractivity contribution in [1.82, 2.24) is 5.32 Å². The van der Waals surface area contributed by atoms with Crippen LogP contribution in [0.5, 0.6) is 0 Å². The maximum Gasteiger partial charge on any atom is 0.472 e. The van der Waals surface area contributed by atoms with Crippen LogP contribution in [0.25, 0.3) is 0 Å². The number of amides is 1. The Hall–Kier alpha value is -1.02. The van der Waals surface area contributed by atoms with Crippen LogP contribution in [0.4, 0.5) is 0 Å². The van der Waals surface area contributed by atoms with Crippen molar-refractivity contribution in [1.29, 1.82) is 0 Å². The van der Waals surface area contributed by atoms with E-state index in [2.05, 4.69) is 31.3 Å². The summed E-state index contributed by atoms with van der Waals surface area (Å²) in [7, 11) is 1.56. The molecule has 3 atom stereocenters. The molecule has 0 aliphatic carbocycles. The first-order valence-corrected chi connectivity index (χ1v) is 21.7. The Kier molecular flexibility index (Phi) is 32.2. The highest BCUT2D eigenvalue weighted by molar-refractivity contribution is 7.47. The Bertz CT molecular complexity index is 860. The number of nitrogens with one attached hydrogen (secondary N) is 1. The molecule has 3 unspecified atom stereocenters. The molecule has 0 saturated heterocycles. The van der Waals surface area contributed by atoms with Gasteiger partial charge < -0.3 is 19.8 Å². The standard InChI is InChI=1S/C40H79N2O6P/c1-6-8-10-12-14-16-18-19-20-21-22-24-25-27-29-31-33-39(43)38(37-48-49(45,46)47-36-35-42(3,4)5)41-40(44)34-32-30-28-26-23-17-15-13-11-9-7-2/h24-25,31,33,38-39,43H,6-23,26-30,32,34-37H2,1-5H3,(H-,41,44,45,46)/p+1/b25-24+,33-31+. The highest BCUT2D eigenvalue weighted by Crippen LogP contribution is 2.43. The van der Waals surface area contributed by atoms with Gasteiger partial charge in [-0.1, -0.05) is 160 Å². The van der Waals surface area contributed by atoms with Crippen molar-refractivity contribution in [2.24, 2.45) is 0 Å². The van der Waals surface area contributed by atoms with E-state index in [9.17, 15) is 19.4 Å². The minimum atomic E-state index is -4.33. The quantitative estimate of drug-likeness (QED) is 0.0258. The fourth-order valence-electron chi connectivity index (χ4n) is 5.64. The summed E-state index contributed by atoms with van der Waals surface area (Å²) >= 11 is 0. The first-order chi connectivity index (χ1) is 23.5. The van der Waals surface area contributed by atoms with Gasteiger partial charge in [0.1, 0.15) is 13.2 Å². The molecule has 9 heteroatoms. The first-order valence-electron chi connectivity index (χ1n) is 20.2. The smallest absolute Gasteiger partial charge is 0.387 e. The van der Waals surface area contributed by atoms with Gasteiger partial charge in [-0.25, -0.2) is 4.57 Å². The molecular formula is C40H80N2O6P+. The van der Waals surface area contributed by atoms with Gasteiger partial charge >= 0.3 is 7.82 Å². The van der Waals surface area contributed by atoms with Crippen LogP contribution in [0, 0.1) is 0 Å². The molecule has 1 amide bonds. The second-order valence-electron chi connectivity index (χ2n) is 15.0. The number of phosphoric acid groups is 1. The summed E-state index contributed by atoms with van der Waals surface area (Å²) in [4.78, 5) is 23.0. The second-order valence-corrected chi connectivity index (χ2v) is 16.5. The van der Waals surface area contributed by atoms with Crippen molar-refractivity contribution < 1.29 is 32.9 Å². The Morgan fingerprint density at radius 2 is 1.12 bits per heavy atom. The van der Waals surface area contributed by atoms with E-state index in [-0.39, 0.29) is 19.1 Å². The van der Waals surface area contributed by atoms with E-state index in [4.69, 9.17) is 9.05 Å². The fraction of sp³-hybridized carbons (Fsp3) is 0.875. The fourth-order valence-corrected chi connectivity index (χ4v) is 6.38. The van der Waals surface area contributed by atoms with Gasteiger partial charge in [0.25, 0.3) is 0 Å². The minimum absolute atomic E-state index is 0.0579. The number of hydrogen-bond acceptors (Lipinski definition) is 5. The van der Waals surface area contributed by atoms with E-state index in [1.54, 1.807) is 6.08 Å². The Labute approximate surface area is 303 Å². The number of hydrogen-bond donors (Lipinski definition) is 3. The number of allylic oxidation sites excluding steroid dienone is 3. The maximum atomic E-state index is 12.8. The number of unbranched alkanes of at least 4 members (excludes halogenated alkanes) is 21. The topological polar surface area (TPSA) is 105 Å². The van der Waals surface area contributed by atoms with Crippen molar-refractivity contribution in [2.75, 3.05) is 40.9 Å². The molecule has 0 aromatic rings. The summed E-state index contributed by atoms with van der Waals surface area (Å²) in [6.45, 7) is 4.77. The van der Waals surface area contributed by atoms with E-state index >= 15 is 0 Å². The molecule has 0 rings (SSSR count). The van der Waals surface area contributed by atoms with Gasteiger partial charge in [-0.15, -0.1) is 0 Å². The van der Waals surface area contributed by atoms with Gasteiger partial charge in [0, 0.05) is 6.42 Å². The van der Waals surface area contributed by atoms with Gasteiger partial charge in [-0.3, -0.25) is 13.8 Å². The number of phosphoric ester groups is 1. The lowest BCUT2D eigenvalue weighted by Gasteiger charge is -2.25. The molecule has 0 saturated carbocycles. The predicted octanol–water partition coefficient (Wildman–Crippen LogP) is 10.6. The third-order valence-electron chi connectivity index (χ3n) is 8.92. The zero-order valence-corrected chi connectivity index (χ0v) is 33.6. The van der Waals surface area contributed by atoms with E-state index in [0.29, 0.717) is 17.4 Å². The highest BCUT2D eigenvalue weighted by atomic mass is 31.2. The summed E-state index contributed by atoms with van der Waals surface area (Å²) in [6.07, 6.45) is 36.7. The van der Waals surface area contributed by atoms with Crippen LogP contribution in [0.3, 0.4) is 0 Å². The number of carbonyl (C=O) groups excluding carboxylic acids is 1. The van der Waals surface area contributed by atoms with Crippen LogP contribution in [0.15, 0.2) is 24.3 Å². The van der Waals surface area contributed by atoms with E-state index in [1.807, 2.05) is 27.2 Å². The van der Waals surface area contributed by atoms with Crippen LogP contribution < -0.4 is 5.32 Å². The third kappa shape index (κ3) is 35.2. The van der Waals surface area contributed by atoms with Gasteiger partial charge in [0.2, 0.25) is 5.91 Å². The monoisotopic (exact) mass is 716 g/mol. The second kappa shape index (κ2) is 32.9. The summed E-state index contributed by atoms with van der Waals surface area (Å²) < 4.78 is 23.4. The van der Waals surface area contributed by atoms with Crippen molar-refractivity contribution >= 4 is 13.7 Å². The van der Waals surface area contributed by atoms with Gasteiger partial charge in [0.05, 0.1) is 39.9 Å². The zero-order chi connectivity index (χ0) is 36.5. The highest BCUT2D eigenvalue weighted by Gasteiger charge is 2.27. The molecule has 49 heavy (non-hydrogen) atoms. The maximum absolute atomic E-state index is 12.8. The Morgan fingerprint density at radius 3 is 1.63 bits per heavy atom. The summed E-state index contributed by atoms with van der Waals surface area (Å²) in [6, 6.07) is -0.856. The summed E-state index contributed by atoms with van der Waals surface area (Å²) in [5.41, 5.74) is 0. The van der Waals surface area contributed by atoms with E-state index in [1.165, 1.54) is 116 Å². The van der Waals surface area contributed by atoms with E-state index in [0.717, 1.165) is 38.5 Å². The van der Waals surface area contributed by atoms with Crippen molar-refractivity contribution in [3.8, 4) is 0 Å². The number of carbonyl (C=O) groups is 1. The molecule has 0 aromatic carbocycles. The van der Waals surface area contributed by atoms with Crippen LogP contribution in [0.2, 0.25) is 0 Å². The number of quaternary nitrogens is 1. The number of likely N-dealkylation sites (N-methyl/N-ethyl adjacent to an activating group) is 1. The van der Waals surface area contributed by atoms with Crippen LogP contribution in [-0.4, -0.2) is 73.4 Å². The Morgan fingerprint density at radius 1 is 0.673 bits per heavy atom. The molecular weight excluding hydrogens is 635 g/mol. The lowest BCUT2D eigenvalue weighted by atomic mass is 10.0. The van der Waals surface area contributed by atoms with Gasteiger partial charge in [0.15, 0.2) is 0 Å². The van der Waals surface area contributed by atoms with Crippen LogP contribution >= 0.6 is 7.82 Å². The normalized spacial score (nSPS) is 14.8. The molecule has 8 nitrogen and oxygen atoms in total. The number of nitrogens with zero attached hydrogens (tertiary/aromatic N) is 1. The molecule has 0 aliphatic rings. The molecule has 0 fully saturated rings. The van der Waals surface area contributed by atoms with Crippen molar-refractivity contribution in [3.63, 3.8) is 0 Å². The van der Waals surface area contributed by atoms with Crippen molar-refractivity contribution in [2.45, 2.75) is 187 Å². The lowest BCUT2D eigenvalue weighted by molar-refractivity contribution is -0.870. The molecule has 0 aliphatic heterocycles. The molecule has 0 aromatic heterocycles. The molecule has 3 N–H and O–H groups in total. The minimum Gasteiger partial charge on any atom is -0.387 e. The van der Waals surface area contributed by atoms with Crippen LogP contribution in [-0.2, 0) is 18.4 Å². The van der Waals surface area contributed by atoms with E-state index < -0.39 is 20.0 Å². The molecule has 0 heterocycles. The largest absolute Gasteiger partial charge is 0.472 e. The molecule has 290 valence electrons. The van der Waals surface area contributed by atoms with Crippen LogP contribution in [0.1, 0.15) is 174 Å². The third-order valence-corrected chi connectivity index (χ3v) is 9.91. The molecule has 0 spiro atoms. The Balaban J connectivity index is 4.54. The average molecular weight is 716 g/mol. The summed E-state index contributed by atoms with van der Waals surface area (Å²) in [5.74, 6) is -0.189. The number of aliphatic hydroxyl groups excluding tert-OH is 1. The first kappa shape index (κ1) is 48.0. The predicted molar refractivity (Wildman–Crippen MR) is 208 cm³/mol. The van der Waals surface area contributed by atoms with Crippen molar-refractivity contribution in [3.05, 3.63) is 24.3 Å². The molecule has 0 radical (unpaired) electrons. The lowest BCUT2D eigenvalue weighted by Crippen LogP contribution is -2.45. The average Bonchev–Trinajstić information content (AvgIpc) is 3.04. The van der Waals surface area contributed by atoms with Gasteiger partial charge in [-0.2, -0.15) is 0 Å². The van der Waals surface area contributed by atoms with Gasteiger partial charge in [-0.05, 0) is 32.1 Å². The number of aliphatic hydroxyl groups is 1. The molecule has 0 bridgehead atoms.